The Kier molecular flexibility index (Phi) is 4.54. The zero-order valence-corrected chi connectivity index (χ0v) is 11.4. The van der Waals surface area contributed by atoms with Crippen molar-refractivity contribution in [1.82, 2.24) is 9.88 Å². The van der Waals surface area contributed by atoms with Crippen LogP contribution in [0.5, 0.6) is 0 Å². The van der Waals surface area contributed by atoms with Gasteiger partial charge in [0, 0.05) is 11.9 Å². The molecule has 0 aromatic carbocycles. The van der Waals surface area contributed by atoms with E-state index in [1.807, 2.05) is 0 Å². The van der Waals surface area contributed by atoms with Gasteiger partial charge in [0.05, 0.1) is 0 Å². The first-order valence-corrected chi connectivity index (χ1v) is 7.14. The molecule has 1 aliphatic rings. The number of piperidine rings is 1. The van der Waals surface area contributed by atoms with Crippen molar-refractivity contribution in [2.45, 2.75) is 19.3 Å². The number of anilines is 1. The third-order valence-electron chi connectivity index (χ3n) is 3.39. The van der Waals surface area contributed by atoms with Crippen LogP contribution in [0.2, 0.25) is 0 Å². The number of aromatic nitrogens is 1. The molecule has 18 heavy (non-hydrogen) atoms. The first-order valence-electron chi connectivity index (χ1n) is 6.26. The maximum Gasteiger partial charge on any atom is 0.355 e. The summed E-state index contributed by atoms with van der Waals surface area (Å²) in [6.45, 7) is 3.25. The number of nitrogens with one attached hydrogen (secondary N) is 1. The van der Waals surface area contributed by atoms with E-state index in [0.717, 1.165) is 18.9 Å². The average molecular weight is 269 g/mol. The summed E-state index contributed by atoms with van der Waals surface area (Å²) >= 11 is 1.35. The lowest BCUT2D eigenvalue weighted by Gasteiger charge is -2.28. The van der Waals surface area contributed by atoms with E-state index in [2.05, 4.69) is 22.2 Å². The van der Waals surface area contributed by atoms with E-state index in [4.69, 9.17) is 5.11 Å². The standard InChI is InChI=1S/C12H19N3O2S/c1-15-6-3-9(4-7-15)2-5-13-12-14-10(8-18-12)11(16)17/h8-9H,2-7H2,1H3,(H,13,14)(H,16,17). The van der Waals surface area contributed by atoms with Crippen LogP contribution >= 0.6 is 11.3 Å². The van der Waals surface area contributed by atoms with E-state index in [1.165, 1.54) is 37.3 Å². The Morgan fingerprint density at radius 3 is 2.94 bits per heavy atom. The van der Waals surface area contributed by atoms with Gasteiger partial charge in [0.2, 0.25) is 0 Å². The van der Waals surface area contributed by atoms with Gasteiger partial charge in [-0.1, -0.05) is 0 Å². The Hall–Kier alpha value is -1.14. The van der Waals surface area contributed by atoms with E-state index in [0.29, 0.717) is 5.13 Å². The van der Waals surface area contributed by atoms with Gasteiger partial charge in [-0.25, -0.2) is 9.78 Å². The first kappa shape index (κ1) is 13.3. The molecule has 0 aliphatic carbocycles. The summed E-state index contributed by atoms with van der Waals surface area (Å²) in [7, 11) is 2.16. The number of aromatic carboxylic acids is 1. The number of carboxylic acids is 1. The molecule has 2 N–H and O–H groups in total. The Balaban J connectivity index is 1.70. The van der Waals surface area contributed by atoms with Crippen molar-refractivity contribution >= 4 is 22.4 Å². The van der Waals surface area contributed by atoms with E-state index in [1.54, 1.807) is 5.38 Å². The summed E-state index contributed by atoms with van der Waals surface area (Å²) in [6.07, 6.45) is 3.66. The number of hydrogen-bond acceptors (Lipinski definition) is 5. The summed E-state index contributed by atoms with van der Waals surface area (Å²) < 4.78 is 0. The fourth-order valence-corrected chi connectivity index (χ4v) is 2.90. The van der Waals surface area contributed by atoms with Crippen molar-refractivity contribution in [3.05, 3.63) is 11.1 Å². The molecule has 1 aromatic rings. The maximum absolute atomic E-state index is 10.7. The fourth-order valence-electron chi connectivity index (χ4n) is 2.19. The lowest BCUT2D eigenvalue weighted by atomic mass is 9.94. The maximum atomic E-state index is 10.7. The third-order valence-corrected chi connectivity index (χ3v) is 4.19. The highest BCUT2D eigenvalue weighted by molar-refractivity contribution is 7.13. The normalized spacial score (nSPS) is 17.8. The van der Waals surface area contributed by atoms with Crippen molar-refractivity contribution < 1.29 is 9.90 Å². The molecule has 1 aliphatic heterocycles. The van der Waals surface area contributed by atoms with Crippen LogP contribution in [0, 0.1) is 5.92 Å². The van der Waals surface area contributed by atoms with Gasteiger partial charge in [-0.05, 0) is 45.3 Å². The lowest BCUT2D eigenvalue weighted by Crippen LogP contribution is -2.30. The Bertz CT molecular complexity index is 400. The predicted octanol–water partition coefficient (Wildman–Crippen LogP) is 1.99. The molecular weight excluding hydrogens is 250 g/mol. The molecule has 2 heterocycles. The lowest BCUT2D eigenvalue weighted by molar-refractivity contribution is 0.0691. The quantitative estimate of drug-likeness (QED) is 0.855. The minimum absolute atomic E-state index is 0.127. The third kappa shape index (κ3) is 3.68. The summed E-state index contributed by atoms with van der Waals surface area (Å²) in [5.74, 6) is -0.178. The molecule has 6 heteroatoms. The van der Waals surface area contributed by atoms with Gasteiger partial charge in [-0.15, -0.1) is 11.3 Å². The fraction of sp³-hybridized carbons (Fsp3) is 0.667. The zero-order valence-electron chi connectivity index (χ0n) is 10.6. The molecule has 0 bridgehead atoms. The molecule has 0 atom stereocenters. The Morgan fingerprint density at radius 1 is 1.61 bits per heavy atom. The van der Waals surface area contributed by atoms with Gasteiger partial charge in [0.1, 0.15) is 0 Å². The van der Waals surface area contributed by atoms with Crippen molar-refractivity contribution in [2.24, 2.45) is 5.92 Å². The van der Waals surface area contributed by atoms with Gasteiger partial charge < -0.3 is 15.3 Å². The van der Waals surface area contributed by atoms with Gasteiger partial charge in [0.15, 0.2) is 10.8 Å². The van der Waals surface area contributed by atoms with Crippen LogP contribution in [-0.2, 0) is 0 Å². The molecular formula is C12H19N3O2S. The molecule has 0 spiro atoms. The molecule has 100 valence electrons. The highest BCUT2D eigenvalue weighted by Gasteiger charge is 2.16. The Labute approximate surface area is 111 Å². The smallest absolute Gasteiger partial charge is 0.355 e. The van der Waals surface area contributed by atoms with Gasteiger partial charge in [-0.3, -0.25) is 0 Å². The van der Waals surface area contributed by atoms with E-state index < -0.39 is 5.97 Å². The van der Waals surface area contributed by atoms with Crippen LogP contribution in [0.25, 0.3) is 0 Å². The topological polar surface area (TPSA) is 65.5 Å². The number of nitrogens with zero attached hydrogens (tertiary/aromatic N) is 2. The van der Waals surface area contributed by atoms with Gasteiger partial charge in [-0.2, -0.15) is 0 Å². The molecule has 1 aromatic heterocycles. The van der Waals surface area contributed by atoms with Gasteiger partial charge in [0.25, 0.3) is 0 Å². The van der Waals surface area contributed by atoms with E-state index in [-0.39, 0.29) is 5.69 Å². The monoisotopic (exact) mass is 269 g/mol. The molecule has 5 nitrogen and oxygen atoms in total. The largest absolute Gasteiger partial charge is 0.476 e. The second-order valence-electron chi connectivity index (χ2n) is 4.81. The molecule has 1 saturated heterocycles. The van der Waals surface area contributed by atoms with Crippen LogP contribution in [0.15, 0.2) is 5.38 Å². The van der Waals surface area contributed by atoms with Crippen molar-refractivity contribution in [3.8, 4) is 0 Å². The van der Waals surface area contributed by atoms with Crippen molar-refractivity contribution in [3.63, 3.8) is 0 Å². The highest BCUT2D eigenvalue weighted by Crippen LogP contribution is 2.20. The number of carboxylic acid groups (broad SMARTS) is 1. The van der Waals surface area contributed by atoms with Crippen LogP contribution in [-0.4, -0.2) is 47.6 Å². The zero-order chi connectivity index (χ0) is 13.0. The summed E-state index contributed by atoms with van der Waals surface area (Å²) in [6, 6.07) is 0. The molecule has 2 rings (SSSR count). The summed E-state index contributed by atoms with van der Waals surface area (Å²) in [4.78, 5) is 17.0. The van der Waals surface area contributed by atoms with Crippen LogP contribution in [0.4, 0.5) is 5.13 Å². The van der Waals surface area contributed by atoms with E-state index in [9.17, 15) is 4.79 Å². The van der Waals surface area contributed by atoms with Crippen molar-refractivity contribution in [2.75, 3.05) is 32.0 Å². The minimum atomic E-state index is -0.963. The second kappa shape index (κ2) is 6.15. The van der Waals surface area contributed by atoms with Crippen LogP contribution < -0.4 is 5.32 Å². The van der Waals surface area contributed by atoms with Crippen LogP contribution in [0.3, 0.4) is 0 Å². The van der Waals surface area contributed by atoms with Gasteiger partial charge >= 0.3 is 5.97 Å². The number of rotatable bonds is 5. The number of likely N-dealkylation sites (tertiary alicyclic amines) is 1. The number of thiazole rings is 1. The molecule has 0 amide bonds. The summed E-state index contributed by atoms with van der Waals surface area (Å²) in [5.41, 5.74) is 0.127. The number of hydrogen-bond donors (Lipinski definition) is 2. The molecule has 0 saturated carbocycles. The highest BCUT2D eigenvalue weighted by atomic mass is 32.1. The Morgan fingerprint density at radius 2 is 2.33 bits per heavy atom. The number of carbonyl (C=O) groups is 1. The van der Waals surface area contributed by atoms with Crippen molar-refractivity contribution in [1.29, 1.82) is 0 Å². The predicted molar refractivity (Wildman–Crippen MR) is 72.4 cm³/mol. The molecule has 0 unspecified atom stereocenters. The summed E-state index contributed by atoms with van der Waals surface area (Å²) in [5, 5.41) is 14.3. The minimum Gasteiger partial charge on any atom is -0.476 e. The van der Waals surface area contributed by atoms with E-state index >= 15 is 0 Å². The molecule has 0 radical (unpaired) electrons. The van der Waals surface area contributed by atoms with Crippen LogP contribution in [0.1, 0.15) is 29.8 Å². The average Bonchev–Trinajstić information content (AvgIpc) is 2.81. The second-order valence-corrected chi connectivity index (χ2v) is 5.66. The molecule has 1 fully saturated rings. The SMILES string of the molecule is CN1CCC(CCNc2nc(C(=O)O)cs2)CC1. The first-order chi connectivity index (χ1) is 8.65.